The number of halogens is 2. The molecule has 2 fully saturated rings. The van der Waals surface area contributed by atoms with Crippen LogP contribution in [0.25, 0.3) is 0 Å². The lowest BCUT2D eigenvalue weighted by atomic mass is 10.1. The number of carbonyl (C=O) groups excluding carboxylic acids is 2. The van der Waals surface area contributed by atoms with E-state index in [-0.39, 0.29) is 17.6 Å². The lowest BCUT2D eigenvalue weighted by molar-refractivity contribution is 0.102. The van der Waals surface area contributed by atoms with E-state index in [9.17, 15) is 14.8 Å². The Morgan fingerprint density at radius 1 is 0.905 bits per heavy atom. The second-order valence-electron chi connectivity index (χ2n) is 10.3. The van der Waals surface area contributed by atoms with Crippen LogP contribution >= 0.6 is 23.2 Å². The van der Waals surface area contributed by atoms with Gasteiger partial charge in [-0.3, -0.25) is 14.5 Å². The molecular weight excluding hydrogens is 579 g/mol. The number of benzene rings is 3. The van der Waals surface area contributed by atoms with E-state index < -0.39 is 0 Å². The van der Waals surface area contributed by atoms with Crippen LogP contribution in [0, 0.1) is 5.21 Å². The molecule has 10 nitrogen and oxygen atoms in total. The highest BCUT2D eigenvalue weighted by Gasteiger charge is 2.23. The van der Waals surface area contributed by atoms with E-state index >= 15 is 0 Å². The third kappa shape index (κ3) is 7.26. The number of carbonyl (C=O) groups is 2. The molecule has 3 aromatic carbocycles. The van der Waals surface area contributed by atoms with E-state index in [1.165, 1.54) is 26.0 Å². The van der Waals surface area contributed by atoms with Crippen molar-refractivity contribution in [1.82, 2.24) is 9.80 Å². The van der Waals surface area contributed by atoms with Crippen LogP contribution in [-0.4, -0.2) is 68.1 Å². The Morgan fingerprint density at radius 3 is 2.21 bits per heavy atom. The van der Waals surface area contributed by atoms with Crippen LogP contribution in [0.15, 0.2) is 60.7 Å². The minimum absolute atomic E-state index is 0.227. The molecule has 2 aliphatic heterocycles. The summed E-state index contributed by atoms with van der Waals surface area (Å²) < 4.78 is 0. The van der Waals surface area contributed by atoms with Crippen LogP contribution < -0.4 is 20.8 Å². The minimum atomic E-state index is -0.338. The van der Waals surface area contributed by atoms with Crippen LogP contribution in [0.3, 0.4) is 0 Å². The van der Waals surface area contributed by atoms with Gasteiger partial charge in [0, 0.05) is 49.7 Å². The summed E-state index contributed by atoms with van der Waals surface area (Å²) in [6.45, 7) is 5.30. The SMILES string of the molecule is CON([O-])c1cccc(C(=O)Nc2ccc(N3CCN(C(=O)Nc4c(Cl)cc(CN5CCCC5)cc4Cl)CC3)cc2)c1. The first-order valence-electron chi connectivity index (χ1n) is 13.8. The molecule has 2 aliphatic rings. The van der Waals surface area contributed by atoms with Crippen molar-refractivity contribution in [1.29, 1.82) is 0 Å². The predicted molar refractivity (Wildman–Crippen MR) is 167 cm³/mol. The number of piperazine rings is 1. The standard InChI is InChI=1S/C30H33Cl2N6O4/c1-42-38(41)25-6-4-5-22(19-25)29(39)33-23-7-9-24(10-8-23)36-13-15-37(16-14-36)30(40)34-28-26(31)17-21(18-27(28)32)20-35-11-2-3-12-35/h4-10,17-19H,2-3,11-16,20H2,1H3,(H,33,39)(H,34,40)/q-1. The Hall–Kier alpha value is -3.54. The first-order valence-corrected chi connectivity index (χ1v) is 14.6. The molecule has 0 radical (unpaired) electrons. The number of hydrogen-bond donors (Lipinski definition) is 2. The molecule has 0 atom stereocenters. The number of urea groups is 1. The normalized spacial score (nSPS) is 15.5. The summed E-state index contributed by atoms with van der Waals surface area (Å²) in [5, 5.41) is 18.6. The maximum Gasteiger partial charge on any atom is 0.322 e. The quantitative estimate of drug-likeness (QED) is 0.298. The predicted octanol–water partition coefficient (Wildman–Crippen LogP) is 6.06. The van der Waals surface area contributed by atoms with Gasteiger partial charge < -0.3 is 30.9 Å². The van der Waals surface area contributed by atoms with E-state index in [1.54, 1.807) is 23.1 Å². The first-order chi connectivity index (χ1) is 20.3. The van der Waals surface area contributed by atoms with Gasteiger partial charge in [-0.25, -0.2) is 4.79 Å². The molecule has 5 rings (SSSR count). The molecule has 3 amide bonds. The average Bonchev–Trinajstić information content (AvgIpc) is 3.52. The number of nitrogens with zero attached hydrogens (tertiary/aromatic N) is 4. The highest BCUT2D eigenvalue weighted by atomic mass is 35.5. The fourth-order valence-electron chi connectivity index (χ4n) is 5.21. The third-order valence-electron chi connectivity index (χ3n) is 7.48. The van der Waals surface area contributed by atoms with Gasteiger partial charge in [-0.1, -0.05) is 29.3 Å². The topological polar surface area (TPSA) is 103 Å². The van der Waals surface area contributed by atoms with Gasteiger partial charge in [-0.05, 0) is 86.1 Å². The smallest absolute Gasteiger partial charge is 0.322 e. The fourth-order valence-corrected chi connectivity index (χ4v) is 5.84. The zero-order valence-electron chi connectivity index (χ0n) is 23.3. The van der Waals surface area contributed by atoms with Crippen LogP contribution in [0.1, 0.15) is 28.8 Å². The fraction of sp³-hybridized carbons (Fsp3) is 0.333. The molecule has 0 spiro atoms. The summed E-state index contributed by atoms with van der Waals surface area (Å²) >= 11 is 13.0. The summed E-state index contributed by atoms with van der Waals surface area (Å²) in [6.07, 6.45) is 2.42. The van der Waals surface area contributed by atoms with Crippen LogP contribution in [-0.2, 0) is 11.4 Å². The highest BCUT2D eigenvalue weighted by Crippen LogP contribution is 2.33. The Labute approximate surface area is 255 Å². The second-order valence-corrected chi connectivity index (χ2v) is 11.1. The van der Waals surface area contributed by atoms with E-state index in [2.05, 4.69) is 25.3 Å². The van der Waals surface area contributed by atoms with Gasteiger partial charge in [0.15, 0.2) is 0 Å². The van der Waals surface area contributed by atoms with E-state index in [4.69, 9.17) is 23.2 Å². The van der Waals surface area contributed by atoms with Gasteiger partial charge in [0.25, 0.3) is 5.91 Å². The summed E-state index contributed by atoms with van der Waals surface area (Å²) in [5.74, 6) is -0.338. The summed E-state index contributed by atoms with van der Waals surface area (Å²) in [5.41, 5.74) is 3.64. The molecule has 0 aliphatic carbocycles. The van der Waals surface area contributed by atoms with Gasteiger partial charge in [0.2, 0.25) is 0 Å². The molecule has 42 heavy (non-hydrogen) atoms. The Kier molecular flexibility index (Phi) is 9.71. The zero-order chi connectivity index (χ0) is 29.6. The average molecular weight is 613 g/mol. The lowest BCUT2D eigenvalue weighted by Gasteiger charge is -2.36. The van der Waals surface area contributed by atoms with Gasteiger partial charge in [-0.15, -0.1) is 0 Å². The maximum atomic E-state index is 13.0. The van der Waals surface area contributed by atoms with E-state index in [1.807, 2.05) is 36.4 Å². The molecule has 2 N–H and O–H groups in total. The number of rotatable bonds is 8. The van der Waals surface area contributed by atoms with Crippen molar-refractivity contribution in [2.24, 2.45) is 0 Å². The van der Waals surface area contributed by atoms with Gasteiger partial charge in [0.1, 0.15) is 0 Å². The molecule has 3 aromatic rings. The number of amides is 3. The zero-order valence-corrected chi connectivity index (χ0v) is 24.8. The van der Waals surface area contributed by atoms with Gasteiger partial charge in [0.05, 0.1) is 28.5 Å². The van der Waals surface area contributed by atoms with Gasteiger partial charge in [-0.2, -0.15) is 0 Å². The Bertz CT molecular complexity index is 1390. The van der Waals surface area contributed by atoms with Crippen molar-refractivity contribution in [3.63, 3.8) is 0 Å². The minimum Gasteiger partial charge on any atom is -0.733 e. The van der Waals surface area contributed by atoms with Crippen molar-refractivity contribution >= 4 is 57.9 Å². The van der Waals surface area contributed by atoms with Crippen molar-refractivity contribution in [2.75, 3.05) is 67.1 Å². The Morgan fingerprint density at radius 2 is 1.57 bits per heavy atom. The lowest BCUT2D eigenvalue weighted by Crippen LogP contribution is -2.50. The molecular formula is C30H33Cl2N6O4-. The molecule has 12 heteroatoms. The molecule has 2 heterocycles. The van der Waals surface area contributed by atoms with Crippen molar-refractivity contribution < 1.29 is 14.4 Å². The van der Waals surface area contributed by atoms with Crippen LogP contribution in [0.5, 0.6) is 0 Å². The molecule has 222 valence electrons. The van der Waals surface area contributed by atoms with E-state index in [0.29, 0.717) is 58.4 Å². The van der Waals surface area contributed by atoms with E-state index in [0.717, 1.165) is 30.9 Å². The number of nitrogens with one attached hydrogen (secondary N) is 2. The molecule has 0 saturated carbocycles. The number of hydrogen-bond acceptors (Lipinski definition) is 7. The summed E-state index contributed by atoms with van der Waals surface area (Å²) in [4.78, 5) is 36.6. The molecule has 2 saturated heterocycles. The van der Waals surface area contributed by atoms with Crippen molar-refractivity contribution in [3.8, 4) is 0 Å². The molecule has 0 aromatic heterocycles. The van der Waals surface area contributed by atoms with Crippen molar-refractivity contribution in [2.45, 2.75) is 19.4 Å². The maximum absolute atomic E-state index is 13.0. The molecule has 0 bridgehead atoms. The highest BCUT2D eigenvalue weighted by molar-refractivity contribution is 6.39. The first kappa shape index (κ1) is 29.9. The number of anilines is 4. The van der Waals surface area contributed by atoms with Crippen LogP contribution in [0.2, 0.25) is 10.0 Å². The van der Waals surface area contributed by atoms with Gasteiger partial charge >= 0.3 is 6.03 Å². The van der Waals surface area contributed by atoms with Crippen molar-refractivity contribution in [3.05, 3.63) is 87.0 Å². The van der Waals surface area contributed by atoms with Crippen LogP contribution in [0.4, 0.5) is 27.5 Å². The summed E-state index contributed by atoms with van der Waals surface area (Å²) in [6, 6.07) is 17.3. The molecule has 0 unspecified atom stereocenters. The monoisotopic (exact) mass is 611 g/mol. The largest absolute Gasteiger partial charge is 0.733 e. The third-order valence-corrected chi connectivity index (χ3v) is 8.08. The Balaban J connectivity index is 1.12. The summed E-state index contributed by atoms with van der Waals surface area (Å²) in [7, 11) is 1.26. The number of likely N-dealkylation sites (tertiary alicyclic amines) is 1. The second kappa shape index (κ2) is 13.6.